The van der Waals surface area contributed by atoms with Crippen molar-refractivity contribution in [1.82, 2.24) is 9.97 Å². The fourth-order valence-corrected chi connectivity index (χ4v) is 4.66. The SMILES string of the molecule is C[C@@H]1Cc2ccccc2N1C(=S)Nc1ccc(S(=O)(=O)Nc2ncccn2)cc1. The molecule has 3 aromatic rings. The van der Waals surface area contributed by atoms with Crippen molar-refractivity contribution in [3.05, 3.63) is 72.6 Å². The Hall–Kier alpha value is -3.04. The van der Waals surface area contributed by atoms with E-state index < -0.39 is 10.0 Å². The van der Waals surface area contributed by atoms with Crippen LogP contribution < -0.4 is 14.9 Å². The second-order valence-electron chi connectivity index (χ2n) is 6.68. The van der Waals surface area contributed by atoms with Crippen LogP contribution in [0.4, 0.5) is 17.3 Å². The molecular formula is C20H19N5O2S2. The Morgan fingerprint density at radius 3 is 2.48 bits per heavy atom. The second kappa shape index (κ2) is 7.76. The maximum atomic E-state index is 12.5. The molecule has 0 saturated heterocycles. The number of rotatable bonds is 4. The van der Waals surface area contributed by atoms with Gasteiger partial charge in [0.25, 0.3) is 10.0 Å². The summed E-state index contributed by atoms with van der Waals surface area (Å²) < 4.78 is 27.3. The van der Waals surface area contributed by atoms with Crippen LogP contribution in [0.1, 0.15) is 12.5 Å². The number of aromatic nitrogens is 2. The Kier molecular flexibility index (Phi) is 5.16. The third-order valence-corrected chi connectivity index (χ3v) is 6.28. The van der Waals surface area contributed by atoms with Gasteiger partial charge in [-0.05, 0) is 67.5 Å². The molecule has 0 radical (unpaired) electrons. The lowest BCUT2D eigenvalue weighted by molar-refractivity contribution is 0.601. The fourth-order valence-electron chi connectivity index (χ4n) is 3.31. The first-order chi connectivity index (χ1) is 13.9. The minimum Gasteiger partial charge on any atom is -0.332 e. The summed E-state index contributed by atoms with van der Waals surface area (Å²) in [6, 6.07) is 16.4. The highest BCUT2D eigenvalue weighted by Crippen LogP contribution is 2.32. The van der Waals surface area contributed by atoms with Gasteiger partial charge in [-0.2, -0.15) is 0 Å². The summed E-state index contributed by atoms with van der Waals surface area (Å²) in [5.74, 6) is 0.0255. The molecule has 1 aromatic heterocycles. The molecule has 29 heavy (non-hydrogen) atoms. The summed E-state index contributed by atoms with van der Waals surface area (Å²) in [6.07, 6.45) is 3.87. The Labute approximate surface area is 174 Å². The van der Waals surface area contributed by atoms with Crippen LogP contribution in [-0.4, -0.2) is 29.5 Å². The first-order valence-electron chi connectivity index (χ1n) is 9.02. The van der Waals surface area contributed by atoms with Gasteiger partial charge in [-0.1, -0.05) is 18.2 Å². The number of thiocarbonyl (C=S) groups is 1. The Balaban J connectivity index is 1.48. The molecule has 9 heteroatoms. The van der Waals surface area contributed by atoms with Gasteiger partial charge < -0.3 is 10.2 Å². The van der Waals surface area contributed by atoms with E-state index in [2.05, 4.69) is 44.0 Å². The lowest BCUT2D eigenvalue weighted by Gasteiger charge is -2.26. The molecule has 2 N–H and O–H groups in total. The van der Waals surface area contributed by atoms with Crippen molar-refractivity contribution in [2.75, 3.05) is 14.9 Å². The van der Waals surface area contributed by atoms with Crippen molar-refractivity contribution >= 4 is 44.7 Å². The van der Waals surface area contributed by atoms with Gasteiger partial charge in [-0.15, -0.1) is 0 Å². The number of hydrogen-bond donors (Lipinski definition) is 2. The predicted molar refractivity (Wildman–Crippen MR) is 118 cm³/mol. The van der Waals surface area contributed by atoms with E-state index in [0.29, 0.717) is 10.8 Å². The summed E-state index contributed by atoms with van der Waals surface area (Å²) in [6.45, 7) is 2.13. The molecular weight excluding hydrogens is 406 g/mol. The van der Waals surface area contributed by atoms with Gasteiger partial charge in [0, 0.05) is 29.8 Å². The van der Waals surface area contributed by atoms with Gasteiger partial charge in [-0.25, -0.2) is 23.1 Å². The predicted octanol–water partition coefficient (Wildman–Crippen LogP) is 3.43. The fraction of sp³-hybridized carbons (Fsp3) is 0.150. The first kappa shape index (κ1) is 19.3. The number of nitrogens with zero attached hydrogens (tertiary/aromatic N) is 3. The lowest BCUT2D eigenvalue weighted by atomic mass is 10.1. The molecule has 1 aliphatic heterocycles. The summed E-state index contributed by atoms with van der Waals surface area (Å²) in [7, 11) is -3.77. The molecule has 0 unspecified atom stereocenters. The van der Waals surface area contributed by atoms with E-state index in [4.69, 9.17) is 12.2 Å². The van der Waals surface area contributed by atoms with Crippen molar-refractivity contribution in [2.24, 2.45) is 0 Å². The smallest absolute Gasteiger partial charge is 0.264 e. The van der Waals surface area contributed by atoms with Crippen molar-refractivity contribution in [2.45, 2.75) is 24.3 Å². The third kappa shape index (κ3) is 4.06. The number of anilines is 3. The monoisotopic (exact) mass is 425 g/mol. The highest BCUT2D eigenvalue weighted by atomic mass is 32.2. The standard InChI is InChI=1S/C20H19N5O2S2/c1-14-13-15-5-2-3-6-18(15)25(14)20(28)23-16-7-9-17(10-8-16)29(26,27)24-19-21-11-4-12-22-19/h2-12,14H,13H2,1H3,(H,23,28)(H,21,22,24)/t14-/m1/s1. The van der Waals surface area contributed by atoms with Crippen LogP contribution in [-0.2, 0) is 16.4 Å². The molecule has 0 saturated carbocycles. The van der Waals surface area contributed by atoms with E-state index in [9.17, 15) is 8.42 Å². The molecule has 0 fully saturated rings. The van der Waals surface area contributed by atoms with Crippen molar-refractivity contribution in [3.63, 3.8) is 0 Å². The molecule has 7 nitrogen and oxygen atoms in total. The Morgan fingerprint density at radius 1 is 1.07 bits per heavy atom. The van der Waals surface area contributed by atoms with Gasteiger partial charge in [0.2, 0.25) is 5.95 Å². The molecule has 0 amide bonds. The first-order valence-corrected chi connectivity index (χ1v) is 10.9. The van der Waals surface area contributed by atoms with Crippen LogP contribution in [0.3, 0.4) is 0 Å². The largest absolute Gasteiger partial charge is 0.332 e. The van der Waals surface area contributed by atoms with Crippen LogP contribution in [0, 0.1) is 0 Å². The molecule has 0 spiro atoms. The summed E-state index contributed by atoms with van der Waals surface area (Å²) in [5.41, 5.74) is 3.07. The maximum Gasteiger partial charge on any atom is 0.264 e. The van der Waals surface area contributed by atoms with E-state index in [1.54, 1.807) is 18.2 Å². The number of hydrogen-bond acceptors (Lipinski definition) is 5. The highest BCUT2D eigenvalue weighted by molar-refractivity contribution is 7.92. The van der Waals surface area contributed by atoms with Crippen molar-refractivity contribution in [1.29, 1.82) is 0 Å². The zero-order chi connectivity index (χ0) is 20.4. The van der Waals surface area contributed by atoms with Crippen LogP contribution in [0.2, 0.25) is 0 Å². The van der Waals surface area contributed by atoms with Crippen LogP contribution in [0.5, 0.6) is 0 Å². The lowest BCUT2D eigenvalue weighted by Crippen LogP contribution is -2.38. The van der Waals surface area contributed by atoms with Gasteiger partial charge in [0.1, 0.15) is 0 Å². The zero-order valence-corrected chi connectivity index (χ0v) is 17.2. The summed E-state index contributed by atoms with van der Waals surface area (Å²) in [5, 5.41) is 3.78. The minimum absolute atomic E-state index is 0.0255. The molecule has 2 heterocycles. The van der Waals surface area contributed by atoms with E-state index in [1.807, 2.05) is 12.1 Å². The van der Waals surface area contributed by atoms with Gasteiger partial charge >= 0.3 is 0 Å². The highest BCUT2D eigenvalue weighted by Gasteiger charge is 2.28. The van der Waals surface area contributed by atoms with Gasteiger partial charge in [-0.3, -0.25) is 0 Å². The maximum absolute atomic E-state index is 12.5. The minimum atomic E-state index is -3.77. The number of benzene rings is 2. The number of para-hydroxylation sites is 1. The number of sulfonamides is 1. The molecule has 0 bridgehead atoms. The molecule has 1 aliphatic rings. The Bertz CT molecular complexity index is 1140. The van der Waals surface area contributed by atoms with Crippen molar-refractivity contribution in [3.8, 4) is 0 Å². The quantitative estimate of drug-likeness (QED) is 0.619. The average Bonchev–Trinajstić information content (AvgIpc) is 3.04. The number of nitrogens with one attached hydrogen (secondary N) is 2. The molecule has 148 valence electrons. The topological polar surface area (TPSA) is 87.2 Å². The van der Waals surface area contributed by atoms with Crippen LogP contribution in [0.15, 0.2) is 71.9 Å². The second-order valence-corrected chi connectivity index (χ2v) is 8.75. The molecule has 2 aromatic carbocycles. The zero-order valence-electron chi connectivity index (χ0n) is 15.6. The van der Waals surface area contributed by atoms with E-state index in [0.717, 1.165) is 12.1 Å². The van der Waals surface area contributed by atoms with Crippen molar-refractivity contribution < 1.29 is 8.42 Å². The average molecular weight is 426 g/mol. The summed E-state index contributed by atoms with van der Waals surface area (Å²) >= 11 is 5.61. The summed E-state index contributed by atoms with van der Waals surface area (Å²) in [4.78, 5) is 9.96. The van der Waals surface area contributed by atoms with Gasteiger partial charge in [0.15, 0.2) is 5.11 Å². The molecule has 0 aliphatic carbocycles. The van der Waals surface area contributed by atoms with E-state index in [1.165, 1.54) is 30.1 Å². The number of fused-ring (bicyclic) bond motifs is 1. The van der Waals surface area contributed by atoms with Crippen LogP contribution in [0.25, 0.3) is 0 Å². The normalized spacial score (nSPS) is 15.6. The molecule has 1 atom stereocenters. The Morgan fingerprint density at radius 2 is 1.76 bits per heavy atom. The third-order valence-electron chi connectivity index (χ3n) is 4.63. The van der Waals surface area contributed by atoms with E-state index >= 15 is 0 Å². The molecule has 4 rings (SSSR count). The van der Waals surface area contributed by atoms with Crippen LogP contribution >= 0.6 is 12.2 Å². The van der Waals surface area contributed by atoms with E-state index in [-0.39, 0.29) is 16.9 Å². The van der Waals surface area contributed by atoms with Gasteiger partial charge in [0.05, 0.1) is 4.90 Å².